The van der Waals surface area contributed by atoms with Crippen molar-refractivity contribution in [2.75, 3.05) is 5.32 Å². The van der Waals surface area contributed by atoms with Crippen LogP contribution < -0.4 is 10.9 Å². The summed E-state index contributed by atoms with van der Waals surface area (Å²) in [5.74, 6) is -0.0822. The molecule has 0 saturated heterocycles. The molecule has 0 aliphatic heterocycles. The first-order valence-electron chi connectivity index (χ1n) is 6.25. The SMILES string of the molecule is Cc1cc(NC(=O)Cn2cnc(C(C)C)cc2=O)sn1. The number of aryl methyl sites for hydroxylation is 1. The third kappa shape index (κ3) is 3.51. The molecule has 6 nitrogen and oxygen atoms in total. The number of hydrogen-bond acceptors (Lipinski definition) is 5. The van der Waals surface area contributed by atoms with Crippen LogP contribution in [0.4, 0.5) is 5.00 Å². The highest BCUT2D eigenvalue weighted by atomic mass is 32.1. The summed E-state index contributed by atoms with van der Waals surface area (Å²) in [7, 11) is 0. The Bertz CT molecular complexity index is 675. The molecule has 2 aromatic rings. The molecule has 0 aromatic carbocycles. The van der Waals surface area contributed by atoms with E-state index in [0.29, 0.717) is 5.00 Å². The monoisotopic (exact) mass is 292 g/mol. The second-order valence-electron chi connectivity index (χ2n) is 4.82. The van der Waals surface area contributed by atoms with E-state index in [1.54, 1.807) is 6.07 Å². The molecule has 2 heterocycles. The van der Waals surface area contributed by atoms with E-state index in [0.717, 1.165) is 11.4 Å². The molecule has 0 aliphatic carbocycles. The largest absolute Gasteiger partial charge is 0.315 e. The van der Waals surface area contributed by atoms with Gasteiger partial charge in [-0.25, -0.2) is 4.98 Å². The van der Waals surface area contributed by atoms with Crippen molar-refractivity contribution in [1.82, 2.24) is 13.9 Å². The van der Waals surface area contributed by atoms with Crippen molar-refractivity contribution in [1.29, 1.82) is 0 Å². The normalized spacial score (nSPS) is 10.8. The Morgan fingerprint density at radius 3 is 2.75 bits per heavy atom. The molecule has 1 N–H and O–H groups in total. The molecule has 0 unspecified atom stereocenters. The molecule has 20 heavy (non-hydrogen) atoms. The van der Waals surface area contributed by atoms with E-state index in [4.69, 9.17) is 0 Å². The van der Waals surface area contributed by atoms with E-state index >= 15 is 0 Å². The zero-order valence-electron chi connectivity index (χ0n) is 11.6. The summed E-state index contributed by atoms with van der Waals surface area (Å²) >= 11 is 1.21. The summed E-state index contributed by atoms with van der Waals surface area (Å²) < 4.78 is 5.36. The third-order valence-corrected chi connectivity index (χ3v) is 3.49. The van der Waals surface area contributed by atoms with Crippen molar-refractivity contribution in [2.45, 2.75) is 33.2 Å². The van der Waals surface area contributed by atoms with Crippen LogP contribution in [0.25, 0.3) is 0 Å². The first-order chi connectivity index (χ1) is 9.45. The fourth-order valence-electron chi connectivity index (χ4n) is 1.63. The minimum absolute atomic E-state index is 0.0544. The second-order valence-corrected chi connectivity index (χ2v) is 5.62. The summed E-state index contributed by atoms with van der Waals surface area (Å²) in [6.07, 6.45) is 1.41. The highest BCUT2D eigenvalue weighted by Crippen LogP contribution is 2.15. The molecule has 1 amide bonds. The van der Waals surface area contributed by atoms with Gasteiger partial charge in [-0.2, -0.15) is 4.37 Å². The Morgan fingerprint density at radius 1 is 1.45 bits per heavy atom. The van der Waals surface area contributed by atoms with Gasteiger partial charge >= 0.3 is 0 Å². The van der Waals surface area contributed by atoms with Gasteiger partial charge < -0.3 is 5.32 Å². The van der Waals surface area contributed by atoms with Crippen molar-refractivity contribution in [3.05, 3.63) is 40.2 Å². The predicted octanol–water partition coefficient (Wildman–Crippen LogP) is 1.77. The quantitative estimate of drug-likeness (QED) is 0.931. The lowest BCUT2D eigenvalue weighted by molar-refractivity contribution is -0.116. The molecule has 0 fully saturated rings. The van der Waals surface area contributed by atoms with Crippen molar-refractivity contribution in [2.24, 2.45) is 0 Å². The van der Waals surface area contributed by atoms with Crippen LogP contribution in [0, 0.1) is 6.92 Å². The maximum Gasteiger partial charge on any atom is 0.254 e. The number of anilines is 1. The summed E-state index contributed by atoms with van der Waals surface area (Å²) in [6, 6.07) is 3.25. The Balaban J connectivity index is 2.06. The Morgan fingerprint density at radius 2 is 2.20 bits per heavy atom. The maximum atomic E-state index is 11.9. The number of nitrogens with zero attached hydrogens (tertiary/aromatic N) is 3. The topological polar surface area (TPSA) is 76.9 Å². The number of amides is 1. The number of aromatic nitrogens is 3. The Labute approximate surface area is 120 Å². The van der Waals surface area contributed by atoms with Crippen LogP contribution in [0.2, 0.25) is 0 Å². The van der Waals surface area contributed by atoms with Gasteiger partial charge in [0.25, 0.3) is 5.56 Å². The molecule has 106 valence electrons. The molecule has 0 saturated carbocycles. The number of carbonyl (C=O) groups excluding carboxylic acids is 1. The molecule has 0 aliphatic rings. The van der Waals surface area contributed by atoms with Crippen molar-refractivity contribution < 1.29 is 4.79 Å². The fraction of sp³-hybridized carbons (Fsp3) is 0.385. The minimum atomic E-state index is -0.269. The van der Waals surface area contributed by atoms with E-state index in [1.807, 2.05) is 20.8 Å². The van der Waals surface area contributed by atoms with E-state index in [2.05, 4.69) is 14.7 Å². The summed E-state index contributed by atoms with van der Waals surface area (Å²) in [4.78, 5) is 27.9. The van der Waals surface area contributed by atoms with Crippen LogP contribution in [0.3, 0.4) is 0 Å². The highest BCUT2D eigenvalue weighted by Gasteiger charge is 2.09. The predicted molar refractivity (Wildman–Crippen MR) is 78.1 cm³/mol. The smallest absolute Gasteiger partial charge is 0.254 e. The van der Waals surface area contributed by atoms with Gasteiger partial charge in [0.2, 0.25) is 5.91 Å². The van der Waals surface area contributed by atoms with Crippen molar-refractivity contribution >= 4 is 22.4 Å². The molecule has 2 aromatic heterocycles. The number of rotatable bonds is 4. The molecular formula is C13H16N4O2S. The highest BCUT2D eigenvalue weighted by molar-refractivity contribution is 7.10. The van der Waals surface area contributed by atoms with Crippen LogP contribution in [-0.2, 0) is 11.3 Å². The number of hydrogen-bond donors (Lipinski definition) is 1. The Kier molecular flexibility index (Phi) is 4.29. The first kappa shape index (κ1) is 14.4. The molecule has 7 heteroatoms. The summed E-state index contributed by atoms with van der Waals surface area (Å²) in [5.41, 5.74) is 1.36. The zero-order chi connectivity index (χ0) is 14.7. The van der Waals surface area contributed by atoms with Crippen molar-refractivity contribution in [3.63, 3.8) is 0 Å². The molecule has 0 spiro atoms. The lowest BCUT2D eigenvalue weighted by Crippen LogP contribution is -2.27. The summed E-state index contributed by atoms with van der Waals surface area (Å²) in [6.45, 7) is 5.72. The number of nitrogens with one attached hydrogen (secondary N) is 1. The lowest BCUT2D eigenvalue weighted by Gasteiger charge is -2.07. The van der Waals surface area contributed by atoms with Gasteiger partial charge in [-0.1, -0.05) is 13.8 Å². The summed E-state index contributed by atoms with van der Waals surface area (Å²) in [5, 5.41) is 3.38. The standard InChI is InChI=1S/C13H16N4O2S/c1-8(2)10-5-13(19)17(7-14-10)6-11(18)15-12-4-9(3)16-20-12/h4-5,7-8H,6H2,1-3H3,(H,15,18). The van der Waals surface area contributed by atoms with Crippen LogP contribution in [0.5, 0.6) is 0 Å². The van der Waals surface area contributed by atoms with Crippen LogP contribution in [-0.4, -0.2) is 19.8 Å². The van der Waals surface area contributed by atoms with Gasteiger partial charge in [-0.05, 0) is 30.4 Å². The van der Waals surface area contributed by atoms with E-state index < -0.39 is 0 Å². The molecule has 0 atom stereocenters. The van der Waals surface area contributed by atoms with Gasteiger partial charge in [0, 0.05) is 6.07 Å². The van der Waals surface area contributed by atoms with E-state index in [-0.39, 0.29) is 23.9 Å². The Hall–Kier alpha value is -2.02. The first-order valence-corrected chi connectivity index (χ1v) is 7.02. The van der Waals surface area contributed by atoms with Gasteiger partial charge in [-0.3, -0.25) is 14.2 Å². The lowest BCUT2D eigenvalue weighted by atomic mass is 10.1. The van der Waals surface area contributed by atoms with Crippen LogP contribution >= 0.6 is 11.5 Å². The number of carbonyl (C=O) groups is 1. The van der Waals surface area contributed by atoms with Crippen LogP contribution in [0.15, 0.2) is 23.3 Å². The third-order valence-electron chi connectivity index (χ3n) is 2.70. The van der Waals surface area contributed by atoms with Crippen molar-refractivity contribution in [3.8, 4) is 0 Å². The fourth-order valence-corrected chi connectivity index (χ4v) is 2.31. The molecule has 2 rings (SSSR count). The van der Waals surface area contributed by atoms with Gasteiger partial charge in [0.1, 0.15) is 11.5 Å². The molecular weight excluding hydrogens is 276 g/mol. The van der Waals surface area contributed by atoms with Crippen LogP contribution in [0.1, 0.15) is 31.2 Å². The minimum Gasteiger partial charge on any atom is -0.315 e. The van der Waals surface area contributed by atoms with Gasteiger partial charge in [0.05, 0.1) is 17.7 Å². The van der Waals surface area contributed by atoms with E-state index in [1.165, 1.54) is 28.5 Å². The maximum absolute atomic E-state index is 11.9. The van der Waals surface area contributed by atoms with Gasteiger partial charge in [0.15, 0.2) is 0 Å². The molecule has 0 bridgehead atoms. The zero-order valence-corrected chi connectivity index (χ0v) is 12.4. The molecule has 0 radical (unpaired) electrons. The second kappa shape index (κ2) is 5.96. The van der Waals surface area contributed by atoms with E-state index in [9.17, 15) is 9.59 Å². The average molecular weight is 292 g/mol. The average Bonchev–Trinajstić information content (AvgIpc) is 2.77. The van der Waals surface area contributed by atoms with Gasteiger partial charge in [-0.15, -0.1) is 0 Å².